The molecule has 0 fully saturated rings. The zero-order valence-corrected chi connectivity index (χ0v) is 12.2. The molecule has 1 unspecified atom stereocenters. The molecule has 0 aliphatic heterocycles. The van der Waals surface area contributed by atoms with Crippen LogP contribution in [0, 0.1) is 5.82 Å². The predicted octanol–water partition coefficient (Wildman–Crippen LogP) is 4.28. The van der Waals surface area contributed by atoms with E-state index in [4.69, 9.17) is 16.7 Å². The van der Waals surface area contributed by atoms with Gasteiger partial charge in [-0.1, -0.05) is 41.9 Å². The van der Waals surface area contributed by atoms with Crippen molar-refractivity contribution < 1.29 is 14.3 Å². The van der Waals surface area contributed by atoms with Gasteiger partial charge in [0, 0.05) is 6.54 Å². The number of carboxylic acids is 1. The maximum atomic E-state index is 13.6. The maximum absolute atomic E-state index is 13.6. The van der Waals surface area contributed by atoms with E-state index < -0.39 is 17.7 Å². The standard InChI is InChI=1S/C16H15ClFNO2/c1-10(16(20)21)12-7-5-11(6-8-12)9-19-15-13(17)3-2-4-14(15)18/h2-8,10,19H,9H2,1H3,(H,20,21). The van der Waals surface area contributed by atoms with Crippen molar-refractivity contribution in [1.29, 1.82) is 0 Å². The van der Waals surface area contributed by atoms with Crippen molar-refractivity contribution in [1.82, 2.24) is 0 Å². The molecule has 2 rings (SSSR count). The summed E-state index contributed by atoms with van der Waals surface area (Å²) in [5.74, 6) is -1.81. The molecule has 1 atom stereocenters. The van der Waals surface area contributed by atoms with E-state index in [1.165, 1.54) is 6.07 Å². The summed E-state index contributed by atoms with van der Waals surface area (Å²) in [6.07, 6.45) is 0. The van der Waals surface area contributed by atoms with Crippen molar-refractivity contribution in [3.05, 3.63) is 64.4 Å². The molecular weight excluding hydrogens is 293 g/mol. The summed E-state index contributed by atoms with van der Waals surface area (Å²) in [4.78, 5) is 10.9. The fraction of sp³-hybridized carbons (Fsp3) is 0.188. The fourth-order valence-corrected chi connectivity index (χ4v) is 2.15. The monoisotopic (exact) mass is 307 g/mol. The number of benzene rings is 2. The van der Waals surface area contributed by atoms with Crippen molar-refractivity contribution >= 4 is 23.3 Å². The minimum Gasteiger partial charge on any atom is -0.481 e. The van der Waals surface area contributed by atoms with E-state index in [2.05, 4.69) is 5.32 Å². The summed E-state index contributed by atoms with van der Waals surface area (Å²) in [5.41, 5.74) is 1.91. The van der Waals surface area contributed by atoms with Crippen molar-refractivity contribution in [2.24, 2.45) is 0 Å². The van der Waals surface area contributed by atoms with E-state index >= 15 is 0 Å². The number of halogens is 2. The average molecular weight is 308 g/mol. The molecule has 2 aromatic carbocycles. The van der Waals surface area contributed by atoms with Crippen molar-refractivity contribution in [3.8, 4) is 0 Å². The second kappa shape index (κ2) is 6.59. The molecule has 2 aromatic rings. The Morgan fingerprint density at radius 3 is 2.52 bits per heavy atom. The zero-order valence-electron chi connectivity index (χ0n) is 11.4. The lowest BCUT2D eigenvalue weighted by atomic mass is 10.00. The van der Waals surface area contributed by atoms with Crippen LogP contribution in [0.5, 0.6) is 0 Å². The first-order valence-corrected chi connectivity index (χ1v) is 6.86. The van der Waals surface area contributed by atoms with Gasteiger partial charge in [-0.2, -0.15) is 0 Å². The molecule has 0 aromatic heterocycles. The van der Waals surface area contributed by atoms with Gasteiger partial charge in [0.25, 0.3) is 0 Å². The third-order valence-corrected chi connectivity index (χ3v) is 3.60. The van der Waals surface area contributed by atoms with Crippen molar-refractivity contribution in [3.63, 3.8) is 0 Å². The first-order valence-electron chi connectivity index (χ1n) is 6.48. The maximum Gasteiger partial charge on any atom is 0.310 e. The van der Waals surface area contributed by atoms with Crippen LogP contribution in [-0.2, 0) is 11.3 Å². The number of hydrogen-bond acceptors (Lipinski definition) is 2. The lowest BCUT2D eigenvalue weighted by Gasteiger charge is -2.11. The molecule has 0 aliphatic carbocycles. The predicted molar refractivity (Wildman–Crippen MR) is 81.2 cm³/mol. The Morgan fingerprint density at radius 1 is 1.29 bits per heavy atom. The lowest BCUT2D eigenvalue weighted by molar-refractivity contribution is -0.138. The summed E-state index contributed by atoms with van der Waals surface area (Å²) in [7, 11) is 0. The first-order chi connectivity index (χ1) is 9.99. The molecule has 0 radical (unpaired) electrons. The van der Waals surface area contributed by atoms with Crippen LogP contribution in [0.15, 0.2) is 42.5 Å². The van der Waals surface area contributed by atoms with Gasteiger partial charge in [-0.05, 0) is 30.2 Å². The summed E-state index contributed by atoms with van der Waals surface area (Å²) in [6.45, 7) is 2.04. The number of para-hydroxylation sites is 1. The van der Waals surface area contributed by atoms with Gasteiger partial charge in [-0.3, -0.25) is 4.79 Å². The topological polar surface area (TPSA) is 49.3 Å². The Balaban J connectivity index is 2.06. The molecule has 0 amide bonds. The SMILES string of the molecule is CC(C(=O)O)c1ccc(CNc2c(F)cccc2Cl)cc1. The molecule has 0 saturated carbocycles. The smallest absolute Gasteiger partial charge is 0.310 e. The largest absolute Gasteiger partial charge is 0.481 e. The number of carboxylic acid groups (broad SMARTS) is 1. The number of hydrogen-bond donors (Lipinski definition) is 2. The van der Waals surface area contributed by atoms with Crippen LogP contribution in [0.1, 0.15) is 24.0 Å². The van der Waals surface area contributed by atoms with E-state index in [0.29, 0.717) is 11.6 Å². The number of anilines is 1. The zero-order chi connectivity index (χ0) is 15.4. The molecule has 0 heterocycles. The number of nitrogens with one attached hydrogen (secondary N) is 1. The second-order valence-corrected chi connectivity index (χ2v) is 5.16. The molecular formula is C16H15ClFNO2. The Morgan fingerprint density at radius 2 is 1.95 bits per heavy atom. The number of rotatable bonds is 5. The molecule has 5 heteroatoms. The van der Waals surface area contributed by atoms with Gasteiger partial charge in [0.2, 0.25) is 0 Å². The minimum absolute atomic E-state index is 0.266. The lowest BCUT2D eigenvalue weighted by Crippen LogP contribution is -2.07. The number of carbonyl (C=O) groups is 1. The third kappa shape index (κ3) is 3.73. The van der Waals surface area contributed by atoms with E-state index in [1.807, 2.05) is 12.1 Å². The summed E-state index contributed by atoms with van der Waals surface area (Å²) in [6, 6.07) is 11.7. The van der Waals surface area contributed by atoms with E-state index in [1.54, 1.807) is 31.2 Å². The minimum atomic E-state index is -0.862. The van der Waals surface area contributed by atoms with Crippen LogP contribution >= 0.6 is 11.6 Å². The quantitative estimate of drug-likeness (QED) is 0.867. The second-order valence-electron chi connectivity index (χ2n) is 4.75. The van der Waals surface area contributed by atoms with Crippen molar-refractivity contribution in [2.75, 3.05) is 5.32 Å². The van der Waals surface area contributed by atoms with Crippen LogP contribution in [0.25, 0.3) is 0 Å². The molecule has 0 saturated heterocycles. The Hall–Kier alpha value is -2.07. The van der Waals surface area contributed by atoms with E-state index in [9.17, 15) is 9.18 Å². The van der Waals surface area contributed by atoms with Crippen LogP contribution in [0.4, 0.5) is 10.1 Å². The van der Waals surface area contributed by atoms with Crippen LogP contribution in [0.3, 0.4) is 0 Å². The van der Waals surface area contributed by atoms with Gasteiger partial charge in [0.05, 0.1) is 16.6 Å². The molecule has 0 bridgehead atoms. The Labute approximate surface area is 127 Å². The summed E-state index contributed by atoms with van der Waals surface area (Å²) in [5, 5.41) is 12.2. The molecule has 0 spiro atoms. The van der Waals surface area contributed by atoms with E-state index in [0.717, 1.165) is 11.1 Å². The highest BCUT2D eigenvalue weighted by molar-refractivity contribution is 6.33. The van der Waals surface area contributed by atoms with Gasteiger partial charge in [0.1, 0.15) is 5.82 Å². The Bertz CT molecular complexity index is 623. The highest BCUT2D eigenvalue weighted by atomic mass is 35.5. The normalized spacial score (nSPS) is 12.0. The van der Waals surface area contributed by atoms with Crippen LogP contribution < -0.4 is 5.32 Å². The fourth-order valence-electron chi connectivity index (χ4n) is 1.92. The molecule has 110 valence electrons. The molecule has 2 N–H and O–H groups in total. The summed E-state index contributed by atoms with van der Waals surface area (Å²) < 4.78 is 13.6. The average Bonchev–Trinajstić information content (AvgIpc) is 2.46. The Kier molecular flexibility index (Phi) is 4.81. The number of aliphatic carboxylic acids is 1. The highest BCUT2D eigenvalue weighted by Crippen LogP contribution is 2.25. The van der Waals surface area contributed by atoms with Gasteiger partial charge in [-0.15, -0.1) is 0 Å². The molecule has 3 nitrogen and oxygen atoms in total. The van der Waals surface area contributed by atoms with Gasteiger partial charge < -0.3 is 10.4 Å². The first kappa shape index (κ1) is 15.3. The highest BCUT2D eigenvalue weighted by Gasteiger charge is 2.13. The van der Waals surface area contributed by atoms with Gasteiger partial charge in [-0.25, -0.2) is 4.39 Å². The molecule has 21 heavy (non-hydrogen) atoms. The van der Waals surface area contributed by atoms with Gasteiger partial charge in [0.15, 0.2) is 0 Å². The van der Waals surface area contributed by atoms with Gasteiger partial charge >= 0.3 is 5.97 Å². The molecule has 0 aliphatic rings. The third-order valence-electron chi connectivity index (χ3n) is 3.28. The van der Waals surface area contributed by atoms with Crippen LogP contribution in [0.2, 0.25) is 5.02 Å². The van der Waals surface area contributed by atoms with Crippen LogP contribution in [-0.4, -0.2) is 11.1 Å². The van der Waals surface area contributed by atoms with E-state index in [-0.39, 0.29) is 5.69 Å². The van der Waals surface area contributed by atoms with Crippen molar-refractivity contribution in [2.45, 2.75) is 19.4 Å². The summed E-state index contributed by atoms with van der Waals surface area (Å²) >= 11 is 5.93.